The van der Waals surface area contributed by atoms with Crippen LogP contribution in [0.2, 0.25) is 0 Å². The molecule has 0 unspecified atom stereocenters. The first-order valence-electron chi connectivity index (χ1n) is 11.2. The SMILES string of the molecule is C=COCCOCCOCCOCCOCCOCCOCCOCCOCCOC(C)=O. The fourth-order valence-corrected chi connectivity index (χ4v) is 2.08. The Balaban J connectivity index is 3.01. The van der Waals surface area contributed by atoms with Crippen molar-refractivity contribution in [2.45, 2.75) is 6.92 Å². The van der Waals surface area contributed by atoms with Gasteiger partial charge >= 0.3 is 5.97 Å². The molecule has 0 saturated carbocycles. The standard InChI is InChI=1S/C22H42O11/c1-3-24-4-5-25-6-7-26-8-9-27-10-11-28-12-13-29-14-15-30-16-17-31-18-19-32-20-21-33-22(2)23/h3H,1,4-21H2,2H3. The van der Waals surface area contributed by atoms with Crippen molar-refractivity contribution in [1.29, 1.82) is 0 Å². The number of esters is 1. The van der Waals surface area contributed by atoms with Crippen molar-refractivity contribution < 1.29 is 52.2 Å². The Morgan fingerprint density at radius 2 is 0.727 bits per heavy atom. The highest BCUT2D eigenvalue weighted by atomic mass is 16.6. The average Bonchev–Trinajstić information content (AvgIpc) is 2.80. The number of hydrogen-bond donors (Lipinski definition) is 0. The van der Waals surface area contributed by atoms with Crippen LogP contribution in [0.25, 0.3) is 0 Å². The molecule has 0 bridgehead atoms. The van der Waals surface area contributed by atoms with Crippen molar-refractivity contribution in [3.8, 4) is 0 Å². The second-order valence-corrected chi connectivity index (χ2v) is 6.28. The molecular formula is C22H42O11. The highest BCUT2D eigenvalue weighted by molar-refractivity contribution is 5.65. The first-order valence-corrected chi connectivity index (χ1v) is 11.2. The van der Waals surface area contributed by atoms with Gasteiger partial charge in [-0.05, 0) is 0 Å². The highest BCUT2D eigenvalue weighted by Gasteiger charge is 1.96. The predicted octanol–water partition coefficient (Wildman–Crippen LogP) is 0.842. The molecule has 0 heterocycles. The summed E-state index contributed by atoms with van der Waals surface area (Å²) in [6.45, 7) is 13.5. The second kappa shape index (κ2) is 28.7. The zero-order valence-electron chi connectivity index (χ0n) is 20.0. The molecule has 0 amide bonds. The van der Waals surface area contributed by atoms with Gasteiger partial charge in [-0.15, -0.1) is 0 Å². The minimum absolute atomic E-state index is 0.262. The van der Waals surface area contributed by atoms with Gasteiger partial charge in [-0.3, -0.25) is 4.79 Å². The van der Waals surface area contributed by atoms with Crippen molar-refractivity contribution in [3.63, 3.8) is 0 Å². The van der Waals surface area contributed by atoms with Gasteiger partial charge in [-0.2, -0.15) is 0 Å². The van der Waals surface area contributed by atoms with Crippen LogP contribution in [0, 0.1) is 0 Å². The lowest BCUT2D eigenvalue weighted by Crippen LogP contribution is -2.15. The van der Waals surface area contributed by atoms with Crippen LogP contribution in [-0.4, -0.2) is 125 Å². The summed E-state index contributed by atoms with van der Waals surface area (Å²) in [6.07, 6.45) is 1.39. The number of rotatable bonds is 28. The molecule has 11 heteroatoms. The lowest BCUT2D eigenvalue weighted by molar-refractivity contribution is -0.142. The Morgan fingerprint density at radius 3 is 0.970 bits per heavy atom. The van der Waals surface area contributed by atoms with E-state index < -0.39 is 0 Å². The van der Waals surface area contributed by atoms with E-state index in [0.717, 1.165) is 0 Å². The summed E-state index contributed by atoms with van der Waals surface area (Å²) in [5.41, 5.74) is 0. The van der Waals surface area contributed by atoms with Crippen LogP contribution in [-0.2, 0) is 52.2 Å². The summed E-state index contributed by atoms with van der Waals surface area (Å²) >= 11 is 0. The molecule has 0 fully saturated rings. The van der Waals surface area contributed by atoms with E-state index in [1.165, 1.54) is 13.2 Å². The number of hydrogen-bond acceptors (Lipinski definition) is 11. The third kappa shape index (κ3) is 30.7. The Hall–Kier alpha value is -1.31. The third-order valence-electron chi connectivity index (χ3n) is 3.60. The summed E-state index contributed by atoms with van der Waals surface area (Å²) in [6, 6.07) is 0. The second-order valence-electron chi connectivity index (χ2n) is 6.28. The molecule has 0 N–H and O–H groups in total. The van der Waals surface area contributed by atoms with Crippen LogP contribution >= 0.6 is 0 Å². The molecule has 0 atom stereocenters. The quantitative estimate of drug-likeness (QED) is 0.0899. The van der Waals surface area contributed by atoms with Crippen LogP contribution in [0.5, 0.6) is 0 Å². The zero-order chi connectivity index (χ0) is 24.1. The number of carbonyl (C=O) groups is 1. The minimum atomic E-state index is -0.309. The molecule has 0 aromatic carbocycles. The maximum Gasteiger partial charge on any atom is 0.302 e. The van der Waals surface area contributed by atoms with Crippen molar-refractivity contribution >= 4 is 5.97 Å². The molecule has 0 radical (unpaired) electrons. The normalized spacial score (nSPS) is 10.9. The van der Waals surface area contributed by atoms with Gasteiger partial charge in [0.05, 0.1) is 112 Å². The van der Waals surface area contributed by atoms with E-state index in [2.05, 4.69) is 6.58 Å². The lowest BCUT2D eigenvalue weighted by Gasteiger charge is -2.08. The number of ether oxygens (including phenoxy) is 10. The van der Waals surface area contributed by atoms with Crippen LogP contribution in [0.4, 0.5) is 0 Å². The first-order chi connectivity index (χ1) is 16.3. The average molecular weight is 483 g/mol. The smallest absolute Gasteiger partial charge is 0.302 e. The van der Waals surface area contributed by atoms with Gasteiger partial charge in [-0.25, -0.2) is 0 Å². The van der Waals surface area contributed by atoms with E-state index in [4.69, 9.17) is 47.4 Å². The van der Waals surface area contributed by atoms with Gasteiger partial charge < -0.3 is 47.4 Å². The van der Waals surface area contributed by atoms with Gasteiger partial charge in [-0.1, -0.05) is 6.58 Å². The van der Waals surface area contributed by atoms with Gasteiger partial charge in [0.25, 0.3) is 0 Å². The highest BCUT2D eigenvalue weighted by Crippen LogP contribution is 1.86. The van der Waals surface area contributed by atoms with Crippen LogP contribution in [0.15, 0.2) is 12.8 Å². The van der Waals surface area contributed by atoms with E-state index in [-0.39, 0.29) is 12.6 Å². The summed E-state index contributed by atoms with van der Waals surface area (Å²) in [7, 11) is 0. The van der Waals surface area contributed by atoms with Gasteiger partial charge in [0.15, 0.2) is 0 Å². The number of carbonyl (C=O) groups excluding carboxylic acids is 1. The fraction of sp³-hybridized carbons (Fsp3) is 0.864. The molecule has 0 aromatic heterocycles. The van der Waals surface area contributed by atoms with Crippen molar-refractivity contribution in [1.82, 2.24) is 0 Å². The molecule has 196 valence electrons. The molecule has 0 aromatic rings. The molecule has 0 saturated heterocycles. The third-order valence-corrected chi connectivity index (χ3v) is 3.60. The molecule has 0 spiro atoms. The van der Waals surface area contributed by atoms with Gasteiger partial charge in [0.1, 0.15) is 13.2 Å². The van der Waals surface area contributed by atoms with Crippen LogP contribution in [0.1, 0.15) is 6.92 Å². The summed E-state index contributed by atoms with van der Waals surface area (Å²) in [4.78, 5) is 10.5. The molecule has 0 aliphatic rings. The Morgan fingerprint density at radius 1 is 0.485 bits per heavy atom. The lowest BCUT2D eigenvalue weighted by atomic mass is 10.6. The Bertz CT molecular complexity index is 410. The summed E-state index contributed by atoms with van der Waals surface area (Å²) < 4.78 is 52.6. The van der Waals surface area contributed by atoms with Crippen molar-refractivity contribution in [2.24, 2.45) is 0 Å². The molecule has 0 aliphatic carbocycles. The van der Waals surface area contributed by atoms with E-state index in [1.54, 1.807) is 0 Å². The maximum absolute atomic E-state index is 10.5. The van der Waals surface area contributed by atoms with Crippen LogP contribution < -0.4 is 0 Å². The van der Waals surface area contributed by atoms with E-state index in [9.17, 15) is 4.79 Å². The monoisotopic (exact) mass is 482 g/mol. The maximum atomic E-state index is 10.5. The molecular weight excluding hydrogens is 440 g/mol. The molecule has 33 heavy (non-hydrogen) atoms. The Kier molecular flexibility index (Phi) is 27.6. The van der Waals surface area contributed by atoms with Gasteiger partial charge in [0.2, 0.25) is 0 Å². The topological polar surface area (TPSA) is 109 Å². The van der Waals surface area contributed by atoms with Crippen LogP contribution in [0.3, 0.4) is 0 Å². The van der Waals surface area contributed by atoms with Crippen molar-refractivity contribution in [2.75, 3.05) is 119 Å². The van der Waals surface area contributed by atoms with E-state index >= 15 is 0 Å². The zero-order valence-corrected chi connectivity index (χ0v) is 20.0. The largest absolute Gasteiger partial charge is 0.499 e. The molecule has 0 rings (SSSR count). The molecule has 0 aliphatic heterocycles. The van der Waals surface area contributed by atoms with Gasteiger partial charge in [0, 0.05) is 6.92 Å². The first kappa shape index (κ1) is 31.7. The fourth-order valence-electron chi connectivity index (χ4n) is 2.08. The predicted molar refractivity (Wildman–Crippen MR) is 119 cm³/mol. The minimum Gasteiger partial charge on any atom is -0.499 e. The van der Waals surface area contributed by atoms with E-state index in [0.29, 0.717) is 112 Å². The molecule has 11 nitrogen and oxygen atoms in total. The summed E-state index contributed by atoms with van der Waals surface area (Å²) in [5, 5.41) is 0. The Labute approximate surface area is 197 Å². The van der Waals surface area contributed by atoms with E-state index in [1.807, 2.05) is 0 Å². The van der Waals surface area contributed by atoms with Crippen molar-refractivity contribution in [3.05, 3.63) is 12.8 Å². The summed E-state index contributed by atoms with van der Waals surface area (Å²) in [5.74, 6) is -0.309.